The molecule has 0 aliphatic rings. The molecule has 0 bridgehead atoms. The summed E-state index contributed by atoms with van der Waals surface area (Å²) < 4.78 is 0.920. The van der Waals surface area contributed by atoms with E-state index in [0.29, 0.717) is 11.6 Å². The molecule has 2 rings (SSSR count). The molecule has 0 saturated heterocycles. The third-order valence-corrected chi connectivity index (χ3v) is 4.57. The fourth-order valence-corrected chi connectivity index (χ4v) is 3.15. The van der Waals surface area contributed by atoms with Gasteiger partial charge in [0.15, 0.2) is 6.10 Å². The van der Waals surface area contributed by atoms with Crippen molar-refractivity contribution in [2.75, 3.05) is 6.54 Å². The highest BCUT2D eigenvalue weighted by Crippen LogP contribution is 2.27. The van der Waals surface area contributed by atoms with Crippen LogP contribution in [0.25, 0.3) is 10.2 Å². The monoisotopic (exact) mass is 322 g/mol. The maximum atomic E-state index is 11.9. The average Bonchev–Trinajstić information content (AvgIpc) is 2.97. The number of aromatic nitrogens is 1. The average molecular weight is 322 g/mol. The summed E-state index contributed by atoms with van der Waals surface area (Å²) in [7, 11) is 0. The molecular weight excluding hydrogens is 300 g/mol. The van der Waals surface area contributed by atoms with E-state index in [-0.39, 0.29) is 0 Å². The molecule has 0 aliphatic heterocycles. The van der Waals surface area contributed by atoms with Gasteiger partial charge in [-0.2, -0.15) is 0 Å². The van der Waals surface area contributed by atoms with E-state index in [9.17, 15) is 15.0 Å². The number of thiazole rings is 1. The molecule has 3 N–H and O–H groups in total. The van der Waals surface area contributed by atoms with Gasteiger partial charge in [-0.25, -0.2) is 4.98 Å². The summed E-state index contributed by atoms with van der Waals surface area (Å²) in [5, 5.41) is 23.1. The predicted octanol–water partition coefficient (Wildman–Crippen LogP) is 2.39. The number of benzene rings is 1. The van der Waals surface area contributed by atoms with Gasteiger partial charge in [0, 0.05) is 6.54 Å². The van der Waals surface area contributed by atoms with Crippen molar-refractivity contribution in [2.24, 2.45) is 0 Å². The van der Waals surface area contributed by atoms with Crippen molar-refractivity contribution in [3.05, 3.63) is 29.3 Å². The molecule has 120 valence electrons. The number of nitrogens with one attached hydrogen (secondary N) is 1. The molecule has 22 heavy (non-hydrogen) atoms. The van der Waals surface area contributed by atoms with E-state index in [4.69, 9.17) is 0 Å². The number of amides is 1. The van der Waals surface area contributed by atoms with Crippen molar-refractivity contribution >= 4 is 27.5 Å². The zero-order valence-corrected chi connectivity index (χ0v) is 13.5. The summed E-state index contributed by atoms with van der Waals surface area (Å²) >= 11 is 1.28. The normalized spacial score (nSPS) is 14.0. The molecule has 1 heterocycles. The Hall–Kier alpha value is -1.50. The molecule has 0 spiro atoms. The van der Waals surface area contributed by atoms with Crippen LogP contribution < -0.4 is 5.32 Å². The van der Waals surface area contributed by atoms with E-state index in [1.54, 1.807) is 0 Å². The minimum absolute atomic E-state index is 0.356. The summed E-state index contributed by atoms with van der Waals surface area (Å²) in [5.74, 6) is -0.553. The van der Waals surface area contributed by atoms with Crippen molar-refractivity contribution in [1.29, 1.82) is 0 Å². The van der Waals surface area contributed by atoms with Gasteiger partial charge < -0.3 is 15.5 Å². The van der Waals surface area contributed by atoms with Crippen molar-refractivity contribution in [1.82, 2.24) is 10.3 Å². The summed E-state index contributed by atoms with van der Waals surface area (Å²) in [6, 6.07) is 7.47. The predicted molar refractivity (Wildman–Crippen MR) is 87.7 cm³/mol. The van der Waals surface area contributed by atoms with Crippen molar-refractivity contribution in [3.63, 3.8) is 0 Å². The number of unbranched alkanes of at least 4 members (excludes halogenated alkanes) is 3. The van der Waals surface area contributed by atoms with Crippen LogP contribution in [0, 0.1) is 0 Å². The smallest absolute Gasteiger partial charge is 0.252 e. The van der Waals surface area contributed by atoms with Gasteiger partial charge in [-0.15, -0.1) is 11.3 Å². The standard InChI is InChI=1S/C16H22N2O3S/c1-2-3-4-7-10-17-15(21)13(19)14(20)16-18-11-8-5-6-9-12(11)22-16/h5-6,8-9,13-14,19-20H,2-4,7,10H2,1H3,(H,17,21). The maximum absolute atomic E-state index is 11.9. The summed E-state index contributed by atoms with van der Waals surface area (Å²) in [6.45, 7) is 2.64. The Morgan fingerprint density at radius 2 is 2.05 bits per heavy atom. The van der Waals surface area contributed by atoms with Crippen LogP contribution in [0.1, 0.15) is 43.7 Å². The van der Waals surface area contributed by atoms with Crippen LogP contribution in [0.5, 0.6) is 0 Å². The highest BCUT2D eigenvalue weighted by Gasteiger charge is 2.28. The van der Waals surface area contributed by atoms with Crippen LogP contribution >= 0.6 is 11.3 Å². The molecule has 0 aliphatic carbocycles. The van der Waals surface area contributed by atoms with E-state index in [2.05, 4.69) is 17.2 Å². The zero-order valence-electron chi connectivity index (χ0n) is 12.7. The van der Waals surface area contributed by atoms with Gasteiger partial charge >= 0.3 is 0 Å². The highest BCUT2D eigenvalue weighted by molar-refractivity contribution is 7.18. The van der Waals surface area contributed by atoms with Crippen LogP contribution in [0.15, 0.2) is 24.3 Å². The molecular formula is C16H22N2O3S. The Morgan fingerprint density at radius 1 is 1.27 bits per heavy atom. The van der Waals surface area contributed by atoms with Crippen molar-refractivity contribution in [3.8, 4) is 0 Å². The lowest BCUT2D eigenvalue weighted by molar-refractivity contribution is -0.135. The molecule has 0 radical (unpaired) electrons. The van der Waals surface area contributed by atoms with E-state index in [1.165, 1.54) is 11.3 Å². The number of nitrogens with zero attached hydrogens (tertiary/aromatic N) is 1. The molecule has 0 fully saturated rings. The lowest BCUT2D eigenvalue weighted by Gasteiger charge is -2.15. The third kappa shape index (κ3) is 4.25. The van der Waals surface area contributed by atoms with Crippen molar-refractivity contribution in [2.45, 2.75) is 44.8 Å². The quantitative estimate of drug-likeness (QED) is 0.652. The summed E-state index contributed by atoms with van der Waals surface area (Å²) in [5.41, 5.74) is 0.758. The Labute approximate surface area is 134 Å². The molecule has 2 atom stereocenters. The highest BCUT2D eigenvalue weighted by atomic mass is 32.1. The molecule has 6 heteroatoms. The molecule has 1 aromatic carbocycles. The zero-order chi connectivity index (χ0) is 15.9. The van der Waals surface area contributed by atoms with Crippen LogP contribution in [-0.4, -0.2) is 33.8 Å². The van der Waals surface area contributed by atoms with E-state index in [0.717, 1.165) is 35.9 Å². The Bertz CT molecular complexity index is 581. The first kappa shape index (κ1) is 16.9. The number of rotatable bonds is 8. The van der Waals surface area contributed by atoms with Crippen LogP contribution in [0.2, 0.25) is 0 Å². The van der Waals surface area contributed by atoms with Gasteiger partial charge in [0.05, 0.1) is 10.2 Å². The molecule has 2 unspecified atom stereocenters. The molecule has 1 amide bonds. The van der Waals surface area contributed by atoms with Gasteiger partial charge in [-0.3, -0.25) is 4.79 Å². The lowest BCUT2D eigenvalue weighted by Crippen LogP contribution is -2.38. The first-order valence-electron chi connectivity index (χ1n) is 7.62. The van der Waals surface area contributed by atoms with E-state index >= 15 is 0 Å². The second-order valence-electron chi connectivity index (χ2n) is 5.26. The third-order valence-electron chi connectivity index (χ3n) is 3.46. The van der Waals surface area contributed by atoms with Gasteiger partial charge in [-0.05, 0) is 18.6 Å². The van der Waals surface area contributed by atoms with Gasteiger partial charge in [0.1, 0.15) is 11.1 Å². The second kappa shape index (κ2) is 8.22. The Balaban J connectivity index is 1.90. The molecule has 0 saturated carbocycles. The maximum Gasteiger partial charge on any atom is 0.252 e. The van der Waals surface area contributed by atoms with E-state index < -0.39 is 18.1 Å². The first-order chi connectivity index (χ1) is 10.6. The Morgan fingerprint density at radius 3 is 2.77 bits per heavy atom. The fourth-order valence-electron chi connectivity index (χ4n) is 2.16. The summed E-state index contributed by atoms with van der Waals surface area (Å²) in [4.78, 5) is 16.1. The number of carbonyl (C=O) groups excluding carboxylic acids is 1. The molecule has 5 nitrogen and oxygen atoms in total. The summed E-state index contributed by atoms with van der Waals surface area (Å²) in [6.07, 6.45) is 1.40. The van der Waals surface area contributed by atoms with Gasteiger partial charge in [0.25, 0.3) is 5.91 Å². The number of fused-ring (bicyclic) bond motifs is 1. The second-order valence-corrected chi connectivity index (χ2v) is 6.32. The topological polar surface area (TPSA) is 82.5 Å². The number of aliphatic hydroxyl groups excluding tert-OH is 2. The largest absolute Gasteiger partial charge is 0.383 e. The van der Waals surface area contributed by atoms with Crippen molar-refractivity contribution < 1.29 is 15.0 Å². The number of aliphatic hydroxyl groups is 2. The van der Waals surface area contributed by atoms with E-state index in [1.807, 2.05) is 24.3 Å². The fraction of sp³-hybridized carbons (Fsp3) is 0.500. The minimum Gasteiger partial charge on any atom is -0.383 e. The first-order valence-corrected chi connectivity index (χ1v) is 8.44. The van der Waals surface area contributed by atoms with Crippen LogP contribution in [0.4, 0.5) is 0 Å². The van der Waals surface area contributed by atoms with Gasteiger partial charge in [-0.1, -0.05) is 38.3 Å². The Kier molecular flexibility index (Phi) is 6.30. The number of carbonyl (C=O) groups is 1. The SMILES string of the molecule is CCCCCCNC(=O)C(O)C(O)c1nc2ccccc2s1. The van der Waals surface area contributed by atoms with Crippen LogP contribution in [0.3, 0.4) is 0 Å². The molecule has 1 aromatic heterocycles. The minimum atomic E-state index is -1.49. The number of para-hydroxylation sites is 1. The number of hydrogen-bond acceptors (Lipinski definition) is 5. The van der Waals surface area contributed by atoms with Gasteiger partial charge in [0.2, 0.25) is 0 Å². The number of hydrogen-bond donors (Lipinski definition) is 3. The molecule has 2 aromatic rings. The van der Waals surface area contributed by atoms with Crippen LogP contribution in [-0.2, 0) is 4.79 Å². The lowest BCUT2D eigenvalue weighted by atomic mass is 10.2.